The fourth-order valence-corrected chi connectivity index (χ4v) is 3.53. The Kier molecular flexibility index (Phi) is 5.14. The Labute approximate surface area is 145 Å². The second-order valence-electron chi connectivity index (χ2n) is 8.20. The summed E-state index contributed by atoms with van der Waals surface area (Å²) in [7, 11) is 0. The number of benzene rings is 1. The Morgan fingerprint density at radius 2 is 2.04 bits per heavy atom. The van der Waals surface area contributed by atoms with E-state index < -0.39 is 5.60 Å². The van der Waals surface area contributed by atoms with E-state index >= 15 is 0 Å². The van der Waals surface area contributed by atoms with Gasteiger partial charge in [0.05, 0.1) is 0 Å². The zero-order chi connectivity index (χ0) is 17.2. The predicted molar refractivity (Wildman–Crippen MR) is 96.1 cm³/mol. The van der Waals surface area contributed by atoms with Gasteiger partial charge in [0.25, 0.3) is 0 Å². The molecule has 0 bridgehead atoms. The molecule has 0 spiro atoms. The summed E-state index contributed by atoms with van der Waals surface area (Å²) in [5.74, 6) is 1.19. The van der Waals surface area contributed by atoms with Crippen molar-refractivity contribution in [3.05, 3.63) is 35.9 Å². The molecule has 0 radical (unpaired) electrons. The summed E-state index contributed by atoms with van der Waals surface area (Å²) < 4.78 is 5.50. The van der Waals surface area contributed by atoms with E-state index in [1.54, 1.807) is 0 Å². The molecule has 1 aromatic rings. The van der Waals surface area contributed by atoms with Crippen molar-refractivity contribution >= 4 is 6.09 Å². The van der Waals surface area contributed by atoms with Crippen LogP contribution in [-0.2, 0) is 4.74 Å². The molecule has 1 saturated heterocycles. The summed E-state index contributed by atoms with van der Waals surface area (Å²) in [5, 5.41) is 3.70. The fraction of sp³-hybridized carbons (Fsp3) is 0.650. The lowest BCUT2D eigenvalue weighted by Crippen LogP contribution is -2.45. The van der Waals surface area contributed by atoms with Crippen LogP contribution in [0.5, 0.6) is 0 Å². The van der Waals surface area contributed by atoms with Crippen molar-refractivity contribution in [3.63, 3.8) is 0 Å². The normalized spacial score (nSPS) is 27.0. The number of carbonyl (C=O) groups excluding carboxylic acids is 1. The van der Waals surface area contributed by atoms with Crippen molar-refractivity contribution in [3.8, 4) is 0 Å². The van der Waals surface area contributed by atoms with Gasteiger partial charge in [0.15, 0.2) is 0 Å². The number of amides is 1. The van der Waals surface area contributed by atoms with E-state index in [1.807, 2.05) is 25.7 Å². The molecule has 4 nitrogen and oxygen atoms in total. The van der Waals surface area contributed by atoms with Crippen LogP contribution in [0.1, 0.15) is 51.5 Å². The van der Waals surface area contributed by atoms with Crippen LogP contribution < -0.4 is 5.32 Å². The zero-order valence-electron chi connectivity index (χ0n) is 15.1. The number of likely N-dealkylation sites (tertiary alicyclic amines) is 1. The maximum atomic E-state index is 12.2. The Morgan fingerprint density at radius 3 is 2.75 bits per heavy atom. The molecule has 1 N–H and O–H groups in total. The van der Waals surface area contributed by atoms with E-state index in [0.717, 1.165) is 26.1 Å². The standard InChI is InChI=1S/C20H30N2O2/c1-20(2,3)24-19(23)22-11-7-8-15(14-22)13-21-18-12-17(18)16-9-5-4-6-10-16/h4-6,9-10,15,17-18,21H,7-8,11-14H2,1-3H3/t15?,17-,18+/m0/s1. The monoisotopic (exact) mass is 330 g/mol. The van der Waals surface area contributed by atoms with Gasteiger partial charge in [0, 0.05) is 25.0 Å². The van der Waals surface area contributed by atoms with E-state index in [9.17, 15) is 4.79 Å². The number of hydrogen-bond donors (Lipinski definition) is 1. The third kappa shape index (κ3) is 4.73. The minimum absolute atomic E-state index is 0.166. The van der Waals surface area contributed by atoms with Crippen LogP contribution in [0.3, 0.4) is 0 Å². The van der Waals surface area contributed by atoms with Gasteiger partial charge in [-0.25, -0.2) is 4.79 Å². The van der Waals surface area contributed by atoms with Crippen LogP contribution in [0.4, 0.5) is 4.79 Å². The highest BCUT2D eigenvalue weighted by Gasteiger charge is 2.38. The number of hydrogen-bond acceptors (Lipinski definition) is 3. The third-order valence-corrected chi connectivity index (χ3v) is 4.86. The summed E-state index contributed by atoms with van der Waals surface area (Å²) >= 11 is 0. The fourth-order valence-electron chi connectivity index (χ4n) is 3.53. The van der Waals surface area contributed by atoms with Crippen molar-refractivity contribution < 1.29 is 9.53 Å². The molecule has 1 heterocycles. The van der Waals surface area contributed by atoms with Crippen molar-refractivity contribution in [2.75, 3.05) is 19.6 Å². The van der Waals surface area contributed by atoms with Crippen molar-refractivity contribution in [1.29, 1.82) is 0 Å². The lowest BCUT2D eigenvalue weighted by Gasteiger charge is -2.34. The predicted octanol–water partition coefficient (Wildman–Crippen LogP) is 3.78. The number of rotatable bonds is 4. The minimum atomic E-state index is -0.417. The largest absolute Gasteiger partial charge is 0.444 e. The lowest BCUT2D eigenvalue weighted by molar-refractivity contribution is 0.0166. The van der Waals surface area contributed by atoms with Gasteiger partial charge in [0.1, 0.15) is 5.60 Å². The number of carbonyl (C=O) groups is 1. The van der Waals surface area contributed by atoms with Gasteiger partial charge in [-0.05, 0) is 58.1 Å². The summed E-state index contributed by atoms with van der Waals surface area (Å²) in [6, 6.07) is 11.3. The first kappa shape index (κ1) is 17.3. The first-order valence-electron chi connectivity index (χ1n) is 9.18. The second-order valence-corrected chi connectivity index (χ2v) is 8.20. The summed E-state index contributed by atoms with van der Waals surface area (Å²) in [5.41, 5.74) is 1.02. The Morgan fingerprint density at radius 1 is 1.29 bits per heavy atom. The van der Waals surface area contributed by atoms with Crippen LogP contribution in [0.2, 0.25) is 0 Å². The van der Waals surface area contributed by atoms with Gasteiger partial charge < -0.3 is 15.0 Å². The first-order valence-corrected chi connectivity index (χ1v) is 9.18. The van der Waals surface area contributed by atoms with E-state index in [-0.39, 0.29) is 6.09 Å². The topological polar surface area (TPSA) is 41.6 Å². The molecular formula is C20H30N2O2. The molecule has 3 rings (SSSR count). The number of nitrogens with zero attached hydrogens (tertiary/aromatic N) is 1. The van der Waals surface area contributed by atoms with E-state index in [4.69, 9.17) is 4.74 Å². The molecular weight excluding hydrogens is 300 g/mol. The zero-order valence-corrected chi connectivity index (χ0v) is 15.1. The highest BCUT2D eigenvalue weighted by atomic mass is 16.6. The van der Waals surface area contributed by atoms with E-state index in [0.29, 0.717) is 17.9 Å². The molecule has 3 atom stereocenters. The Bertz CT molecular complexity index is 553. The lowest BCUT2D eigenvalue weighted by atomic mass is 9.98. The average molecular weight is 330 g/mol. The van der Waals surface area contributed by atoms with Crippen LogP contribution in [-0.4, -0.2) is 42.3 Å². The average Bonchev–Trinajstić information content (AvgIpc) is 3.32. The second kappa shape index (κ2) is 7.14. The van der Waals surface area contributed by atoms with Crippen molar-refractivity contribution in [2.24, 2.45) is 5.92 Å². The smallest absolute Gasteiger partial charge is 0.410 e. The summed E-state index contributed by atoms with van der Waals surface area (Å²) in [6.07, 6.45) is 3.32. The molecule has 4 heteroatoms. The van der Waals surface area contributed by atoms with Gasteiger partial charge >= 0.3 is 6.09 Å². The highest BCUT2D eigenvalue weighted by molar-refractivity contribution is 5.68. The van der Waals surface area contributed by atoms with E-state index in [1.165, 1.54) is 18.4 Å². The van der Waals surface area contributed by atoms with Crippen LogP contribution in [0.15, 0.2) is 30.3 Å². The first-order chi connectivity index (χ1) is 11.4. The molecule has 1 unspecified atom stereocenters. The van der Waals surface area contributed by atoms with Crippen molar-refractivity contribution in [2.45, 2.75) is 57.6 Å². The molecule has 1 aromatic carbocycles. The van der Waals surface area contributed by atoms with E-state index in [2.05, 4.69) is 35.6 Å². The number of nitrogens with one attached hydrogen (secondary N) is 1. The van der Waals surface area contributed by atoms with Crippen LogP contribution in [0.25, 0.3) is 0 Å². The van der Waals surface area contributed by atoms with Gasteiger partial charge in [-0.15, -0.1) is 0 Å². The van der Waals surface area contributed by atoms with Gasteiger partial charge in [-0.3, -0.25) is 0 Å². The molecule has 2 aliphatic rings. The minimum Gasteiger partial charge on any atom is -0.444 e. The Hall–Kier alpha value is -1.55. The highest BCUT2D eigenvalue weighted by Crippen LogP contribution is 2.40. The Balaban J connectivity index is 1.43. The van der Waals surface area contributed by atoms with Crippen LogP contribution >= 0.6 is 0 Å². The van der Waals surface area contributed by atoms with Crippen molar-refractivity contribution in [1.82, 2.24) is 10.2 Å². The van der Waals surface area contributed by atoms with Gasteiger partial charge in [-0.1, -0.05) is 30.3 Å². The number of ether oxygens (including phenoxy) is 1. The molecule has 1 amide bonds. The maximum Gasteiger partial charge on any atom is 0.410 e. The SMILES string of the molecule is CC(C)(C)OC(=O)N1CCCC(CN[C@@H]2C[C@H]2c2ccccc2)C1. The molecule has 1 aliphatic heterocycles. The third-order valence-electron chi connectivity index (χ3n) is 4.86. The maximum absolute atomic E-state index is 12.2. The molecule has 1 saturated carbocycles. The van der Waals surface area contributed by atoms with Gasteiger partial charge in [0.2, 0.25) is 0 Å². The van der Waals surface area contributed by atoms with Crippen LogP contribution in [0, 0.1) is 5.92 Å². The molecule has 132 valence electrons. The molecule has 1 aliphatic carbocycles. The van der Waals surface area contributed by atoms with Gasteiger partial charge in [-0.2, -0.15) is 0 Å². The summed E-state index contributed by atoms with van der Waals surface area (Å²) in [6.45, 7) is 8.39. The molecule has 24 heavy (non-hydrogen) atoms. The molecule has 0 aromatic heterocycles. The number of piperidine rings is 1. The quantitative estimate of drug-likeness (QED) is 0.913. The summed E-state index contributed by atoms with van der Waals surface area (Å²) in [4.78, 5) is 14.1. The molecule has 2 fully saturated rings.